The van der Waals surface area contributed by atoms with E-state index in [1.54, 1.807) is 12.4 Å². The van der Waals surface area contributed by atoms with E-state index in [-0.39, 0.29) is 0 Å². The van der Waals surface area contributed by atoms with Gasteiger partial charge in [0.25, 0.3) is 0 Å². The lowest BCUT2D eigenvalue weighted by atomic mass is 10.0. The van der Waals surface area contributed by atoms with E-state index >= 15 is 0 Å². The number of hydrogen-bond acceptors (Lipinski definition) is 3. The third-order valence-corrected chi connectivity index (χ3v) is 3.31. The predicted molar refractivity (Wildman–Crippen MR) is 65.0 cm³/mol. The largest absolute Gasteiger partial charge is 0.328 e. The zero-order valence-electron chi connectivity index (χ0n) is 9.43. The smallest absolute Gasteiger partial charge is 0.147 e. The van der Waals surface area contributed by atoms with Gasteiger partial charge in [0.2, 0.25) is 0 Å². The van der Waals surface area contributed by atoms with Crippen LogP contribution in [0.1, 0.15) is 29.9 Å². The van der Waals surface area contributed by atoms with E-state index in [9.17, 15) is 0 Å². The number of aromatic nitrogens is 4. The summed E-state index contributed by atoms with van der Waals surface area (Å²) in [6.07, 6.45) is 9.95. The number of nitrogens with zero attached hydrogens (tertiary/aromatic N) is 4. The molecule has 1 aliphatic carbocycles. The summed E-state index contributed by atoms with van der Waals surface area (Å²) in [5.41, 5.74) is 3.52. The lowest BCUT2D eigenvalue weighted by molar-refractivity contribution is 0.624. The van der Waals surface area contributed by atoms with E-state index < -0.39 is 0 Å². The Morgan fingerprint density at radius 2 is 2.00 bits per heavy atom. The molecule has 0 amide bonds. The molecule has 0 saturated carbocycles. The lowest BCUT2D eigenvalue weighted by Crippen LogP contribution is -2.09. The molecule has 2 aromatic heterocycles. The molecule has 0 aromatic carbocycles. The van der Waals surface area contributed by atoms with Crippen molar-refractivity contribution >= 4 is 11.6 Å². The Morgan fingerprint density at radius 1 is 1.12 bits per heavy atom. The summed E-state index contributed by atoms with van der Waals surface area (Å²) in [5, 5.41) is 0.432. The van der Waals surface area contributed by atoms with Crippen LogP contribution in [0.25, 0.3) is 0 Å². The van der Waals surface area contributed by atoms with Gasteiger partial charge in [-0.05, 0) is 25.7 Å². The maximum atomic E-state index is 5.72. The van der Waals surface area contributed by atoms with Crippen molar-refractivity contribution in [3.05, 3.63) is 41.0 Å². The average molecular weight is 249 g/mol. The van der Waals surface area contributed by atoms with E-state index in [2.05, 4.69) is 19.5 Å². The predicted octanol–water partition coefficient (Wildman–Crippen LogP) is 2.25. The van der Waals surface area contributed by atoms with Gasteiger partial charge in [-0.25, -0.2) is 9.97 Å². The lowest BCUT2D eigenvalue weighted by Gasteiger charge is -2.13. The van der Waals surface area contributed by atoms with Crippen LogP contribution in [0.4, 0.5) is 0 Å². The van der Waals surface area contributed by atoms with E-state index in [4.69, 9.17) is 11.6 Å². The van der Waals surface area contributed by atoms with Crippen LogP contribution >= 0.6 is 11.6 Å². The second-order valence-electron chi connectivity index (χ2n) is 4.30. The fourth-order valence-corrected chi connectivity index (χ4v) is 2.36. The monoisotopic (exact) mass is 248 g/mol. The van der Waals surface area contributed by atoms with Gasteiger partial charge >= 0.3 is 0 Å². The SMILES string of the molecule is Clc1cnc(Cn2cnc3c2CCCC3)cn1. The topological polar surface area (TPSA) is 43.6 Å². The highest BCUT2D eigenvalue weighted by Crippen LogP contribution is 2.20. The highest BCUT2D eigenvalue weighted by Gasteiger charge is 2.15. The number of rotatable bonds is 2. The molecule has 17 heavy (non-hydrogen) atoms. The molecule has 0 spiro atoms. The first-order valence-corrected chi connectivity index (χ1v) is 6.20. The van der Waals surface area contributed by atoms with Crippen molar-refractivity contribution in [1.29, 1.82) is 0 Å². The van der Waals surface area contributed by atoms with Gasteiger partial charge in [0.15, 0.2) is 0 Å². The maximum absolute atomic E-state index is 5.72. The van der Waals surface area contributed by atoms with Crippen LogP contribution in [0, 0.1) is 0 Å². The molecule has 0 unspecified atom stereocenters. The second kappa shape index (κ2) is 4.45. The highest BCUT2D eigenvalue weighted by atomic mass is 35.5. The molecule has 0 N–H and O–H groups in total. The van der Waals surface area contributed by atoms with Crippen LogP contribution in [0.15, 0.2) is 18.7 Å². The van der Waals surface area contributed by atoms with Crippen LogP contribution in [0.2, 0.25) is 5.15 Å². The van der Waals surface area contributed by atoms with Crippen LogP contribution in [0.3, 0.4) is 0 Å². The molecule has 0 saturated heterocycles. The molecule has 0 aliphatic heterocycles. The fraction of sp³-hybridized carbons (Fsp3) is 0.417. The van der Waals surface area contributed by atoms with Crippen molar-refractivity contribution in [2.45, 2.75) is 32.2 Å². The third-order valence-electron chi connectivity index (χ3n) is 3.12. The van der Waals surface area contributed by atoms with Crippen molar-refractivity contribution in [2.75, 3.05) is 0 Å². The summed E-state index contributed by atoms with van der Waals surface area (Å²) >= 11 is 5.72. The van der Waals surface area contributed by atoms with Gasteiger partial charge in [-0.15, -0.1) is 0 Å². The standard InChI is InChI=1S/C12H13ClN4/c13-12-6-14-9(5-15-12)7-17-8-16-10-3-1-2-4-11(10)17/h5-6,8H,1-4,7H2. The molecule has 3 rings (SSSR count). The quantitative estimate of drug-likeness (QED) is 0.819. The minimum atomic E-state index is 0.432. The molecular formula is C12H13ClN4. The Balaban J connectivity index is 1.85. The van der Waals surface area contributed by atoms with Gasteiger partial charge in [0.1, 0.15) is 5.15 Å². The molecule has 1 aliphatic rings. The molecular weight excluding hydrogens is 236 g/mol. The number of aryl methyl sites for hydroxylation is 1. The summed E-state index contributed by atoms with van der Waals surface area (Å²) in [7, 11) is 0. The van der Waals surface area contributed by atoms with E-state index in [0.29, 0.717) is 5.15 Å². The summed E-state index contributed by atoms with van der Waals surface area (Å²) in [5.74, 6) is 0. The molecule has 4 nitrogen and oxygen atoms in total. The Morgan fingerprint density at radius 3 is 2.82 bits per heavy atom. The molecule has 0 radical (unpaired) electrons. The minimum Gasteiger partial charge on any atom is -0.328 e. The molecule has 88 valence electrons. The molecule has 0 bridgehead atoms. The third kappa shape index (κ3) is 2.17. The first kappa shape index (κ1) is 10.7. The van der Waals surface area contributed by atoms with Crippen LogP contribution in [0.5, 0.6) is 0 Å². The van der Waals surface area contributed by atoms with Gasteiger partial charge in [0, 0.05) is 5.69 Å². The van der Waals surface area contributed by atoms with E-state index in [1.165, 1.54) is 24.2 Å². The number of fused-ring (bicyclic) bond motifs is 1. The minimum absolute atomic E-state index is 0.432. The highest BCUT2D eigenvalue weighted by molar-refractivity contribution is 6.29. The summed E-state index contributed by atoms with van der Waals surface area (Å²) < 4.78 is 2.17. The summed E-state index contributed by atoms with van der Waals surface area (Å²) in [4.78, 5) is 12.8. The van der Waals surface area contributed by atoms with E-state index in [0.717, 1.165) is 25.1 Å². The Kier molecular flexibility index (Phi) is 2.81. The Bertz CT molecular complexity index is 518. The number of halogens is 1. The van der Waals surface area contributed by atoms with Gasteiger partial charge in [-0.2, -0.15) is 0 Å². The molecule has 2 aromatic rings. The number of hydrogen-bond donors (Lipinski definition) is 0. The Hall–Kier alpha value is -1.42. The van der Waals surface area contributed by atoms with Gasteiger partial charge in [-0.3, -0.25) is 4.98 Å². The molecule has 2 heterocycles. The van der Waals surface area contributed by atoms with Gasteiger partial charge in [-0.1, -0.05) is 11.6 Å². The molecule has 0 atom stereocenters. The van der Waals surface area contributed by atoms with Gasteiger partial charge < -0.3 is 4.57 Å². The zero-order valence-corrected chi connectivity index (χ0v) is 10.2. The normalized spacial score (nSPS) is 14.6. The molecule has 0 fully saturated rings. The van der Waals surface area contributed by atoms with Crippen LogP contribution in [-0.2, 0) is 19.4 Å². The Labute approximate surface area is 105 Å². The van der Waals surface area contributed by atoms with Crippen molar-refractivity contribution in [2.24, 2.45) is 0 Å². The van der Waals surface area contributed by atoms with Gasteiger partial charge in [0.05, 0.1) is 36.7 Å². The zero-order chi connectivity index (χ0) is 11.7. The second-order valence-corrected chi connectivity index (χ2v) is 4.69. The van der Waals surface area contributed by atoms with Crippen molar-refractivity contribution in [3.63, 3.8) is 0 Å². The van der Waals surface area contributed by atoms with E-state index in [1.807, 2.05) is 6.33 Å². The first-order valence-electron chi connectivity index (χ1n) is 5.82. The van der Waals surface area contributed by atoms with Crippen molar-refractivity contribution in [3.8, 4) is 0 Å². The van der Waals surface area contributed by atoms with Crippen LogP contribution in [-0.4, -0.2) is 19.5 Å². The summed E-state index contributed by atoms with van der Waals surface area (Å²) in [6, 6.07) is 0. The van der Waals surface area contributed by atoms with Crippen molar-refractivity contribution < 1.29 is 0 Å². The first-order chi connectivity index (χ1) is 8.33. The van der Waals surface area contributed by atoms with Crippen molar-refractivity contribution in [1.82, 2.24) is 19.5 Å². The molecule has 5 heteroatoms. The average Bonchev–Trinajstić information content (AvgIpc) is 2.76. The number of imidazole rings is 1. The maximum Gasteiger partial charge on any atom is 0.147 e. The summed E-state index contributed by atoms with van der Waals surface area (Å²) in [6.45, 7) is 0.729. The van der Waals surface area contributed by atoms with Crippen LogP contribution < -0.4 is 0 Å². The fourth-order valence-electron chi connectivity index (χ4n) is 2.26.